The van der Waals surface area contributed by atoms with Gasteiger partial charge in [0, 0.05) is 50.1 Å². The van der Waals surface area contributed by atoms with Crippen molar-refractivity contribution in [2.24, 2.45) is 0 Å². The number of benzene rings is 1. The summed E-state index contributed by atoms with van der Waals surface area (Å²) in [7, 11) is 1.56. The van der Waals surface area contributed by atoms with Crippen LogP contribution in [-0.2, 0) is 25.6 Å². The molecule has 0 radical (unpaired) electrons. The van der Waals surface area contributed by atoms with Crippen LogP contribution in [0.3, 0.4) is 0 Å². The molecule has 0 bridgehead atoms. The minimum Gasteiger partial charge on any atom is -0.465 e. The minimum atomic E-state index is -1.01. The average molecular weight is 679 g/mol. The van der Waals surface area contributed by atoms with E-state index < -0.39 is 41.9 Å². The maximum atomic E-state index is 14.5. The Morgan fingerprint density at radius 3 is 2.28 bits per heavy atom. The largest absolute Gasteiger partial charge is 0.465 e. The van der Waals surface area contributed by atoms with E-state index >= 15 is 0 Å². The third-order valence-electron chi connectivity index (χ3n) is 7.54. The SMILES string of the molecule is CCNC(=O)NN(C)CC(=O)NC(CCCCN(C(=O)O)C(C)(C)C)C(=O)N(Cc1csc2ccccc12)C(C)C(OCC)OCC. The standard InChI is InChI=1S/C33H54N6O7S/c1-9-34-31(42)36-37(8)21-28(40)35-26(17-14-15-19-39(32(43)44)33(5,6)7)29(41)38(23(4)30(45-10-2)46-11-3)20-24-22-47-27-18-13-12-16-25(24)27/h12-13,16,18,22-23,26,30H,9-11,14-15,17,19-21H2,1-8H3,(H,35,40)(H,43,44)(H2,34,36,42). The number of hydrazine groups is 1. The van der Waals surface area contributed by atoms with Gasteiger partial charge in [0.25, 0.3) is 0 Å². The molecule has 1 aromatic carbocycles. The van der Waals surface area contributed by atoms with Gasteiger partial charge in [0.2, 0.25) is 11.8 Å². The van der Waals surface area contributed by atoms with Gasteiger partial charge in [-0.1, -0.05) is 18.2 Å². The first-order valence-corrected chi connectivity index (χ1v) is 17.2. The van der Waals surface area contributed by atoms with Crippen LogP contribution in [0.4, 0.5) is 9.59 Å². The van der Waals surface area contributed by atoms with Crippen LogP contribution in [0.15, 0.2) is 29.6 Å². The molecule has 0 aliphatic carbocycles. The second kappa shape index (κ2) is 19.4. The van der Waals surface area contributed by atoms with E-state index in [1.165, 1.54) is 9.91 Å². The number of carboxylic acid groups (broad SMARTS) is 1. The van der Waals surface area contributed by atoms with Crippen LogP contribution in [0, 0.1) is 0 Å². The minimum absolute atomic E-state index is 0.191. The molecule has 0 aliphatic heterocycles. The molecule has 264 valence electrons. The summed E-state index contributed by atoms with van der Waals surface area (Å²) in [5, 5.41) is 19.7. The summed E-state index contributed by atoms with van der Waals surface area (Å²) < 4.78 is 12.9. The number of urea groups is 1. The number of unbranched alkanes of at least 4 members (excludes halogenated alkanes) is 1. The maximum absolute atomic E-state index is 14.5. The Bertz CT molecular complexity index is 1290. The van der Waals surface area contributed by atoms with Crippen LogP contribution in [0.1, 0.15) is 73.3 Å². The molecule has 2 unspecified atom stereocenters. The van der Waals surface area contributed by atoms with Gasteiger partial charge >= 0.3 is 12.1 Å². The summed E-state index contributed by atoms with van der Waals surface area (Å²) in [6, 6.07) is 6.12. The Kier molecular flexibility index (Phi) is 16.4. The third-order valence-corrected chi connectivity index (χ3v) is 8.55. The van der Waals surface area contributed by atoms with Crippen LogP contribution in [0.5, 0.6) is 0 Å². The molecule has 0 saturated carbocycles. The molecule has 47 heavy (non-hydrogen) atoms. The highest BCUT2D eigenvalue weighted by molar-refractivity contribution is 7.17. The van der Waals surface area contributed by atoms with Gasteiger partial charge in [0.05, 0.1) is 12.6 Å². The van der Waals surface area contributed by atoms with Crippen molar-refractivity contribution in [3.05, 3.63) is 35.2 Å². The number of hydrogen-bond donors (Lipinski definition) is 4. The molecular formula is C33H54N6O7S. The number of thiophene rings is 1. The number of nitrogens with one attached hydrogen (secondary N) is 3. The summed E-state index contributed by atoms with van der Waals surface area (Å²) in [5.74, 6) is -0.764. The molecule has 0 spiro atoms. The molecule has 13 nitrogen and oxygen atoms in total. The lowest BCUT2D eigenvalue weighted by atomic mass is 10.0. The number of fused-ring (bicyclic) bond motifs is 1. The van der Waals surface area contributed by atoms with Gasteiger partial charge in [-0.3, -0.25) is 15.0 Å². The maximum Gasteiger partial charge on any atom is 0.407 e. The molecule has 2 rings (SSSR count). The Morgan fingerprint density at radius 2 is 1.68 bits per heavy atom. The fourth-order valence-corrected chi connectivity index (χ4v) is 6.18. The summed E-state index contributed by atoms with van der Waals surface area (Å²) in [5.41, 5.74) is 2.95. The van der Waals surface area contributed by atoms with Gasteiger partial charge in [-0.15, -0.1) is 11.3 Å². The van der Waals surface area contributed by atoms with Gasteiger partial charge in [-0.2, -0.15) is 0 Å². The van der Waals surface area contributed by atoms with E-state index in [0.717, 1.165) is 15.6 Å². The quantitative estimate of drug-likeness (QED) is 0.0955. The molecule has 1 aromatic heterocycles. The Hall–Kier alpha value is -3.46. The Labute approximate surface area is 282 Å². The highest BCUT2D eigenvalue weighted by Crippen LogP contribution is 2.28. The van der Waals surface area contributed by atoms with Crippen LogP contribution in [-0.4, -0.2) is 108 Å². The Morgan fingerprint density at radius 1 is 1.02 bits per heavy atom. The van der Waals surface area contributed by atoms with Crippen molar-refractivity contribution in [1.29, 1.82) is 0 Å². The topological polar surface area (TPSA) is 153 Å². The average Bonchev–Trinajstić information content (AvgIpc) is 3.40. The van der Waals surface area contributed by atoms with Gasteiger partial charge in [0.15, 0.2) is 6.29 Å². The van der Waals surface area contributed by atoms with Crippen molar-refractivity contribution in [2.45, 2.75) is 98.2 Å². The van der Waals surface area contributed by atoms with E-state index in [4.69, 9.17) is 9.47 Å². The van der Waals surface area contributed by atoms with E-state index in [9.17, 15) is 24.3 Å². The number of carbonyl (C=O) groups is 4. The zero-order valence-corrected chi connectivity index (χ0v) is 29.9. The first kappa shape index (κ1) is 39.7. The number of likely N-dealkylation sites (N-methyl/N-ethyl adjacent to an activating group) is 1. The van der Waals surface area contributed by atoms with Crippen molar-refractivity contribution < 1.29 is 33.8 Å². The molecule has 4 N–H and O–H groups in total. The molecule has 0 fully saturated rings. The van der Waals surface area contributed by atoms with Gasteiger partial charge in [0.1, 0.15) is 6.04 Å². The molecule has 14 heteroatoms. The number of amides is 5. The number of hydrogen-bond acceptors (Lipinski definition) is 8. The lowest BCUT2D eigenvalue weighted by Gasteiger charge is -2.37. The van der Waals surface area contributed by atoms with E-state index in [1.54, 1.807) is 30.2 Å². The summed E-state index contributed by atoms with van der Waals surface area (Å²) in [6.45, 7) is 14.4. The second-order valence-corrected chi connectivity index (χ2v) is 13.2. The second-order valence-electron chi connectivity index (χ2n) is 12.3. The van der Waals surface area contributed by atoms with Crippen LogP contribution < -0.4 is 16.1 Å². The zero-order chi connectivity index (χ0) is 35.1. The molecule has 0 aliphatic rings. The predicted octanol–water partition coefficient (Wildman–Crippen LogP) is 4.62. The smallest absolute Gasteiger partial charge is 0.407 e. The molecule has 5 amide bonds. The van der Waals surface area contributed by atoms with E-state index in [1.807, 2.05) is 71.2 Å². The molecular weight excluding hydrogens is 624 g/mol. The molecule has 0 saturated heterocycles. The lowest BCUT2D eigenvalue weighted by molar-refractivity contribution is -0.179. The number of carbonyl (C=O) groups excluding carboxylic acids is 3. The summed E-state index contributed by atoms with van der Waals surface area (Å²) in [6.07, 6.45) is -0.460. The van der Waals surface area contributed by atoms with Crippen LogP contribution in [0.25, 0.3) is 10.1 Å². The fraction of sp³-hybridized carbons (Fsp3) is 0.636. The van der Waals surface area contributed by atoms with Gasteiger partial charge in [-0.05, 0) is 90.1 Å². The highest BCUT2D eigenvalue weighted by atomic mass is 32.1. The van der Waals surface area contributed by atoms with Crippen molar-refractivity contribution in [3.63, 3.8) is 0 Å². The zero-order valence-electron chi connectivity index (χ0n) is 29.1. The predicted molar refractivity (Wildman–Crippen MR) is 184 cm³/mol. The number of ether oxygens (including phenoxy) is 2. The van der Waals surface area contributed by atoms with Crippen molar-refractivity contribution in [1.82, 2.24) is 30.9 Å². The van der Waals surface area contributed by atoms with Crippen molar-refractivity contribution >= 4 is 45.4 Å². The monoisotopic (exact) mass is 678 g/mol. The van der Waals surface area contributed by atoms with Gasteiger partial charge < -0.3 is 35.0 Å². The molecule has 2 aromatic rings. The molecule has 1 heterocycles. The summed E-state index contributed by atoms with van der Waals surface area (Å²) >= 11 is 1.60. The number of nitrogens with zero attached hydrogens (tertiary/aromatic N) is 3. The highest BCUT2D eigenvalue weighted by Gasteiger charge is 2.34. The fourth-order valence-electron chi connectivity index (χ4n) is 5.23. The van der Waals surface area contributed by atoms with E-state index in [2.05, 4.69) is 16.1 Å². The number of rotatable bonds is 19. The first-order valence-electron chi connectivity index (χ1n) is 16.3. The third kappa shape index (κ3) is 12.6. The van der Waals surface area contributed by atoms with E-state index in [0.29, 0.717) is 32.6 Å². The van der Waals surface area contributed by atoms with Crippen LogP contribution >= 0.6 is 11.3 Å². The Balaban J connectivity index is 2.39. The lowest BCUT2D eigenvalue weighted by Crippen LogP contribution is -2.56. The van der Waals surface area contributed by atoms with Crippen molar-refractivity contribution in [3.8, 4) is 0 Å². The first-order chi connectivity index (χ1) is 22.2. The van der Waals surface area contributed by atoms with Crippen molar-refractivity contribution in [2.75, 3.05) is 39.9 Å². The van der Waals surface area contributed by atoms with Gasteiger partial charge in [-0.25, -0.2) is 14.6 Å². The normalized spacial score (nSPS) is 13.0. The van der Waals surface area contributed by atoms with E-state index in [-0.39, 0.29) is 32.0 Å². The molecule has 2 atom stereocenters. The van der Waals surface area contributed by atoms with Crippen LogP contribution in [0.2, 0.25) is 0 Å². The summed E-state index contributed by atoms with van der Waals surface area (Å²) in [4.78, 5) is 54.7.